The van der Waals surface area contributed by atoms with Crippen molar-refractivity contribution in [2.75, 3.05) is 51.5 Å². The molecule has 2 aromatic carbocycles. The number of fused-ring (bicyclic) bond motifs is 8. The lowest BCUT2D eigenvalue weighted by Crippen LogP contribution is -2.45. The van der Waals surface area contributed by atoms with Gasteiger partial charge in [0.25, 0.3) is 0 Å². The molecule has 0 amide bonds. The second kappa shape index (κ2) is 12.0. The lowest BCUT2D eigenvalue weighted by atomic mass is 9.92. The Morgan fingerprint density at radius 1 is 1.05 bits per heavy atom. The van der Waals surface area contributed by atoms with E-state index in [1.165, 1.54) is 13.2 Å². The number of pyridine rings is 1. The van der Waals surface area contributed by atoms with E-state index in [2.05, 4.69) is 16.2 Å². The molecule has 0 spiro atoms. The maximum absolute atomic E-state index is 15.5. The van der Waals surface area contributed by atoms with Gasteiger partial charge in [0.2, 0.25) is 0 Å². The monoisotopic (exact) mass is 587 g/mol. The van der Waals surface area contributed by atoms with Crippen molar-refractivity contribution in [2.24, 2.45) is 0 Å². The van der Waals surface area contributed by atoms with E-state index in [-0.39, 0.29) is 23.8 Å². The number of esters is 1. The van der Waals surface area contributed by atoms with E-state index in [0.29, 0.717) is 43.3 Å². The van der Waals surface area contributed by atoms with Gasteiger partial charge in [0, 0.05) is 30.4 Å². The first-order valence-electron chi connectivity index (χ1n) is 14.8. The number of rotatable bonds is 2. The fourth-order valence-corrected chi connectivity index (χ4v) is 6.12. The zero-order chi connectivity index (χ0) is 30.1. The van der Waals surface area contributed by atoms with Gasteiger partial charge in [0.05, 0.1) is 50.2 Å². The smallest absolute Gasteiger partial charge is 0.310 e. The molecule has 226 valence electrons. The zero-order valence-electron chi connectivity index (χ0n) is 25.2. The summed E-state index contributed by atoms with van der Waals surface area (Å²) in [6, 6.07) is 13.1. The van der Waals surface area contributed by atoms with Crippen molar-refractivity contribution in [1.82, 2.24) is 9.38 Å². The Morgan fingerprint density at radius 3 is 2.60 bits per heavy atom. The molecule has 0 saturated carbocycles. The number of hydrogen-bond donors (Lipinski definition) is 0. The summed E-state index contributed by atoms with van der Waals surface area (Å²) in [5, 5.41) is 0. The Labute approximate surface area is 251 Å². The molecule has 4 aromatic rings. The highest BCUT2D eigenvalue weighted by atomic mass is 19.1. The average Bonchev–Trinajstić information content (AvgIpc) is 3.40. The van der Waals surface area contributed by atoms with E-state index in [1.807, 2.05) is 56.4 Å². The number of piperidine rings is 1. The molecule has 0 aliphatic carbocycles. The number of halogens is 1. The standard InChI is InChI=1S/C34H38FN3O5/c1-22-16-27(35)32-25-7-5-6-24(19-25)28-21-38-30(36-28)18-23(2)26(20-31(39)40-4)33(38)37-10-8-34(3,9-11-37)43-15-13-41-12-14-42-29(32)17-22/h5-7,16-19,21H,8-15,20H2,1-4H3. The molecule has 5 heterocycles. The van der Waals surface area contributed by atoms with Gasteiger partial charge in [-0.05, 0) is 74.6 Å². The van der Waals surface area contributed by atoms with Crippen LogP contribution >= 0.6 is 0 Å². The molecule has 1 fully saturated rings. The van der Waals surface area contributed by atoms with E-state index < -0.39 is 0 Å². The number of methoxy groups -OCH3 is 1. The highest BCUT2D eigenvalue weighted by molar-refractivity contribution is 5.79. The predicted molar refractivity (Wildman–Crippen MR) is 163 cm³/mol. The molecule has 9 heteroatoms. The van der Waals surface area contributed by atoms with Crippen molar-refractivity contribution < 1.29 is 28.1 Å². The Morgan fingerprint density at radius 2 is 1.81 bits per heavy atom. The molecule has 0 radical (unpaired) electrons. The molecule has 0 unspecified atom stereocenters. The molecule has 1 saturated heterocycles. The van der Waals surface area contributed by atoms with Crippen molar-refractivity contribution >= 4 is 17.4 Å². The Bertz CT molecular complexity index is 1660. The SMILES string of the molecule is COC(=O)Cc1c(C)cc2nc3cn2c1N1CCC(C)(CC1)OCCOCCOc1cc(C)cc(F)c1-c1cccc-3c1. The van der Waals surface area contributed by atoms with E-state index in [4.69, 9.17) is 23.9 Å². The van der Waals surface area contributed by atoms with Gasteiger partial charge in [-0.2, -0.15) is 0 Å². The van der Waals surface area contributed by atoms with E-state index in [1.54, 1.807) is 0 Å². The van der Waals surface area contributed by atoms with Crippen molar-refractivity contribution in [3.05, 3.63) is 71.2 Å². The van der Waals surface area contributed by atoms with Gasteiger partial charge in [-0.25, -0.2) is 9.37 Å². The molecule has 0 atom stereocenters. The largest absolute Gasteiger partial charge is 0.490 e. The predicted octanol–water partition coefficient (Wildman–Crippen LogP) is 5.92. The number of nitrogens with zero attached hydrogens (tertiary/aromatic N) is 3. The fourth-order valence-electron chi connectivity index (χ4n) is 6.12. The van der Waals surface area contributed by atoms with E-state index in [0.717, 1.165) is 65.3 Å². The summed E-state index contributed by atoms with van der Waals surface area (Å²) in [7, 11) is 1.41. The lowest BCUT2D eigenvalue weighted by molar-refractivity contribution is -0.139. The first-order chi connectivity index (χ1) is 20.7. The van der Waals surface area contributed by atoms with Crippen LogP contribution in [0.1, 0.15) is 36.5 Å². The molecular formula is C34H38FN3O5. The Kier molecular flexibility index (Phi) is 8.11. The first-order valence-corrected chi connectivity index (χ1v) is 14.8. The quantitative estimate of drug-likeness (QED) is 0.213. The summed E-state index contributed by atoms with van der Waals surface area (Å²) in [6.07, 6.45) is 3.82. The Hall–Kier alpha value is -3.95. The van der Waals surface area contributed by atoms with Crippen molar-refractivity contribution in [3.63, 3.8) is 0 Å². The second-order valence-corrected chi connectivity index (χ2v) is 11.7. The van der Waals surface area contributed by atoms with Gasteiger partial charge in [-0.15, -0.1) is 0 Å². The fraction of sp³-hybridized carbons (Fsp3) is 0.412. The molecule has 6 bridgehead atoms. The van der Waals surface area contributed by atoms with Crippen LogP contribution < -0.4 is 9.64 Å². The lowest BCUT2D eigenvalue weighted by Gasteiger charge is -2.41. The van der Waals surface area contributed by atoms with E-state index in [9.17, 15) is 4.79 Å². The van der Waals surface area contributed by atoms with Gasteiger partial charge in [0.15, 0.2) is 0 Å². The van der Waals surface area contributed by atoms with Crippen molar-refractivity contribution in [2.45, 2.75) is 45.6 Å². The molecule has 3 aliphatic rings. The number of anilines is 1. The van der Waals surface area contributed by atoms with Crippen LogP contribution in [0.4, 0.5) is 10.2 Å². The third-order valence-electron chi connectivity index (χ3n) is 8.53. The van der Waals surface area contributed by atoms with Crippen LogP contribution in [-0.4, -0.2) is 67.6 Å². The first kappa shape index (κ1) is 29.1. The van der Waals surface area contributed by atoms with Gasteiger partial charge < -0.3 is 23.8 Å². The second-order valence-electron chi connectivity index (χ2n) is 11.7. The molecule has 7 rings (SSSR count). The highest BCUT2D eigenvalue weighted by Crippen LogP contribution is 2.38. The topological polar surface area (TPSA) is 74.5 Å². The summed E-state index contributed by atoms with van der Waals surface area (Å²) < 4.78 is 40.8. The van der Waals surface area contributed by atoms with Crippen LogP contribution in [-0.2, 0) is 25.4 Å². The highest BCUT2D eigenvalue weighted by Gasteiger charge is 2.33. The van der Waals surface area contributed by atoms with Crippen LogP contribution in [0.5, 0.6) is 5.75 Å². The summed E-state index contributed by atoms with van der Waals surface area (Å²) in [4.78, 5) is 19.8. The molecule has 3 aliphatic heterocycles. The van der Waals surface area contributed by atoms with E-state index >= 15 is 4.39 Å². The van der Waals surface area contributed by atoms with Gasteiger partial charge in [-0.3, -0.25) is 9.20 Å². The Balaban J connectivity index is 1.50. The number of aromatic nitrogens is 2. The molecule has 2 aromatic heterocycles. The summed E-state index contributed by atoms with van der Waals surface area (Å²) >= 11 is 0. The third kappa shape index (κ3) is 5.96. The number of benzene rings is 2. The maximum atomic E-state index is 15.5. The number of aryl methyl sites for hydroxylation is 2. The van der Waals surface area contributed by atoms with Crippen molar-refractivity contribution in [3.8, 4) is 28.1 Å². The minimum Gasteiger partial charge on any atom is -0.490 e. The van der Waals surface area contributed by atoms with Gasteiger partial charge in [0.1, 0.15) is 29.6 Å². The summed E-state index contributed by atoms with van der Waals surface area (Å²) in [5.41, 5.74) is 5.87. The van der Waals surface area contributed by atoms with Crippen LogP contribution in [0.3, 0.4) is 0 Å². The van der Waals surface area contributed by atoms with Crippen LogP contribution in [0.2, 0.25) is 0 Å². The third-order valence-corrected chi connectivity index (χ3v) is 8.53. The molecule has 8 nitrogen and oxygen atoms in total. The molecule has 43 heavy (non-hydrogen) atoms. The number of carbonyl (C=O) groups is 1. The maximum Gasteiger partial charge on any atom is 0.310 e. The minimum absolute atomic E-state index is 0.160. The number of ether oxygens (including phenoxy) is 4. The van der Waals surface area contributed by atoms with Crippen LogP contribution in [0.15, 0.2) is 48.7 Å². The van der Waals surface area contributed by atoms with Gasteiger partial charge in [-0.1, -0.05) is 18.2 Å². The number of imidazole rings is 1. The molecule has 0 N–H and O–H groups in total. The van der Waals surface area contributed by atoms with Crippen LogP contribution in [0.25, 0.3) is 28.0 Å². The zero-order valence-corrected chi connectivity index (χ0v) is 25.2. The number of hydrogen-bond acceptors (Lipinski definition) is 7. The van der Waals surface area contributed by atoms with Crippen LogP contribution in [0, 0.1) is 19.7 Å². The van der Waals surface area contributed by atoms with Crippen molar-refractivity contribution in [1.29, 1.82) is 0 Å². The summed E-state index contributed by atoms with van der Waals surface area (Å²) in [5.74, 6) is 0.778. The average molecular weight is 588 g/mol. The van der Waals surface area contributed by atoms with Gasteiger partial charge >= 0.3 is 5.97 Å². The molecular weight excluding hydrogens is 549 g/mol. The summed E-state index contributed by atoms with van der Waals surface area (Å²) in [6.45, 7) is 9.11. The normalized spacial score (nSPS) is 17.0. The minimum atomic E-state index is -0.346. The number of carbonyl (C=O) groups excluding carboxylic acids is 1.